The number of hydrogen-bond donors (Lipinski definition) is 0. The van der Waals surface area contributed by atoms with Crippen LogP contribution in [0, 0.1) is 5.92 Å². The van der Waals surface area contributed by atoms with Gasteiger partial charge in [0.25, 0.3) is 0 Å². The number of pyridine rings is 1. The van der Waals surface area contributed by atoms with Gasteiger partial charge in [0.2, 0.25) is 0 Å². The van der Waals surface area contributed by atoms with Crippen LogP contribution in [-0.2, 0) is 5.41 Å². The van der Waals surface area contributed by atoms with Crippen molar-refractivity contribution in [3.05, 3.63) is 161 Å². The molecule has 0 saturated heterocycles. The molecule has 8 aromatic rings. The van der Waals surface area contributed by atoms with Crippen LogP contribution in [-0.4, -0.2) is 4.98 Å². The fourth-order valence-corrected chi connectivity index (χ4v) is 8.08. The standard InChI is InChI=1S/C48H39N/c1-30-11-12-32-8-5-6-10-40(32)45(30)35-19-17-34(18-20-35)44-28-43(33-15-13-31(14-16-33)38-9-7-25-49-29-38)41-23-21-36-26-39(48(2,3)4)27-37-22-24-42(44)47(41)46(36)37/h5-10,12-30H,11H2,1-4H3. The molecule has 7 aromatic carbocycles. The SMILES string of the molecule is CC1CC=c2ccccc2=C1c1ccc(-c2cc(-c3ccc(-c4cccnc4)cc3)c3ccc4cc(C(C)(C)C)cc5ccc2c3c54)cc1. The van der Waals surface area contributed by atoms with Crippen LogP contribution in [0.4, 0.5) is 0 Å². The number of hydrogen-bond acceptors (Lipinski definition) is 1. The van der Waals surface area contributed by atoms with Crippen molar-refractivity contribution >= 4 is 44.0 Å². The van der Waals surface area contributed by atoms with E-state index in [0.717, 1.165) is 12.0 Å². The Balaban J connectivity index is 1.27. The molecule has 1 aliphatic carbocycles. The Labute approximate surface area is 288 Å². The third-order valence-electron chi connectivity index (χ3n) is 10.7. The number of benzene rings is 7. The Morgan fingerprint density at radius 3 is 1.80 bits per heavy atom. The van der Waals surface area contributed by atoms with Gasteiger partial charge in [-0.2, -0.15) is 0 Å². The van der Waals surface area contributed by atoms with Crippen molar-refractivity contribution in [1.82, 2.24) is 4.98 Å². The highest BCUT2D eigenvalue weighted by Crippen LogP contribution is 2.45. The minimum Gasteiger partial charge on any atom is -0.264 e. The minimum atomic E-state index is 0.0743. The van der Waals surface area contributed by atoms with Crippen molar-refractivity contribution in [1.29, 1.82) is 0 Å². The van der Waals surface area contributed by atoms with E-state index in [2.05, 4.69) is 160 Å². The van der Waals surface area contributed by atoms with Crippen LogP contribution < -0.4 is 10.4 Å². The maximum atomic E-state index is 4.34. The summed E-state index contributed by atoms with van der Waals surface area (Å²) < 4.78 is 0. The highest BCUT2D eigenvalue weighted by molar-refractivity contribution is 6.28. The molecular weight excluding hydrogens is 591 g/mol. The summed E-state index contributed by atoms with van der Waals surface area (Å²) in [6, 6.07) is 48.0. The van der Waals surface area contributed by atoms with Crippen molar-refractivity contribution in [2.75, 3.05) is 0 Å². The smallest absolute Gasteiger partial charge is 0.0346 e. The number of rotatable bonds is 4. The van der Waals surface area contributed by atoms with Gasteiger partial charge in [-0.15, -0.1) is 0 Å². The van der Waals surface area contributed by atoms with Crippen molar-refractivity contribution < 1.29 is 0 Å². The van der Waals surface area contributed by atoms with E-state index in [1.807, 2.05) is 18.5 Å². The van der Waals surface area contributed by atoms with Crippen LogP contribution in [0.2, 0.25) is 0 Å². The maximum absolute atomic E-state index is 4.34. The molecule has 0 spiro atoms. The normalized spacial score (nSPS) is 14.8. The second kappa shape index (κ2) is 11.3. The lowest BCUT2D eigenvalue weighted by molar-refractivity contribution is 0.591. The van der Waals surface area contributed by atoms with Gasteiger partial charge >= 0.3 is 0 Å². The average Bonchev–Trinajstić information content (AvgIpc) is 3.13. The lowest BCUT2D eigenvalue weighted by Gasteiger charge is -2.23. The van der Waals surface area contributed by atoms with Crippen LogP contribution in [0.25, 0.3) is 77.3 Å². The van der Waals surface area contributed by atoms with Crippen molar-refractivity contribution in [2.24, 2.45) is 5.92 Å². The van der Waals surface area contributed by atoms with Gasteiger partial charge in [0.15, 0.2) is 0 Å². The summed E-state index contributed by atoms with van der Waals surface area (Å²) in [5, 5.41) is 10.6. The third-order valence-corrected chi connectivity index (χ3v) is 10.7. The summed E-state index contributed by atoms with van der Waals surface area (Å²) in [5.41, 5.74) is 11.5. The second-order valence-corrected chi connectivity index (χ2v) is 14.9. The monoisotopic (exact) mass is 629 g/mol. The summed E-state index contributed by atoms with van der Waals surface area (Å²) in [7, 11) is 0. The van der Waals surface area contributed by atoms with Crippen LogP contribution in [0.3, 0.4) is 0 Å². The summed E-state index contributed by atoms with van der Waals surface area (Å²) in [5.74, 6) is 0.481. The van der Waals surface area contributed by atoms with E-state index in [1.54, 1.807) is 0 Å². The van der Waals surface area contributed by atoms with Gasteiger partial charge in [-0.25, -0.2) is 0 Å². The first-order valence-corrected chi connectivity index (χ1v) is 17.5. The highest BCUT2D eigenvalue weighted by Gasteiger charge is 2.21. The predicted molar refractivity (Wildman–Crippen MR) is 209 cm³/mol. The first-order valence-electron chi connectivity index (χ1n) is 17.5. The predicted octanol–water partition coefficient (Wildman–Crippen LogP) is 11.3. The molecule has 0 fully saturated rings. The van der Waals surface area contributed by atoms with E-state index >= 15 is 0 Å². The van der Waals surface area contributed by atoms with Crippen LogP contribution in [0.1, 0.15) is 45.2 Å². The van der Waals surface area contributed by atoms with Gasteiger partial charge in [-0.3, -0.25) is 4.98 Å². The molecule has 1 heterocycles. The summed E-state index contributed by atoms with van der Waals surface area (Å²) >= 11 is 0. The lowest BCUT2D eigenvalue weighted by atomic mass is 9.81. The highest BCUT2D eigenvalue weighted by atomic mass is 14.6. The van der Waals surface area contributed by atoms with Crippen molar-refractivity contribution in [3.63, 3.8) is 0 Å². The summed E-state index contributed by atoms with van der Waals surface area (Å²) in [4.78, 5) is 4.34. The second-order valence-electron chi connectivity index (χ2n) is 14.9. The fraction of sp³-hybridized carbons (Fsp3) is 0.146. The van der Waals surface area contributed by atoms with Crippen molar-refractivity contribution in [3.8, 4) is 33.4 Å². The van der Waals surface area contributed by atoms with E-state index < -0.39 is 0 Å². The van der Waals surface area contributed by atoms with E-state index in [0.29, 0.717) is 5.92 Å². The van der Waals surface area contributed by atoms with E-state index in [4.69, 9.17) is 0 Å². The van der Waals surface area contributed by atoms with Gasteiger partial charge < -0.3 is 0 Å². The molecule has 0 radical (unpaired) electrons. The molecule has 1 atom stereocenters. The first-order chi connectivity index (χ1) is 23.8. The van der Waals surface area contributed by atoms with Gasteiger partial charge in [-0.1, -0.05) is 149 Å². The topological polar surface area (TPSA) is 12.9 Å². The zero-order chi connectivity index (χ0) is 33.3. The Morgan fingerprint density at radius 2 is 1.18 bits per heavy atom. The summed E-state index contributed by atoms with van der Waals surface area (Å²) in [6.07, 6.45) is 7.22. The Morgan fingerprint density at radius 1 is 0.571 bits per heavy atom. The van der Waals surface area contributed by atoms with Crippen LogP contribution in [0.15, 0.2) is 140 Å². The van der Waals surface area contributed by atoms with E-state index in [9.17, 15) is 0 Å². The molecule has 0 aliphatic heterocycles. The number of fused-ring (bicyclic) bond motifs is 1. The van der Waals surface area contributed by atoms with Gasteiger partial charge in [0.1, 0.15) is 0 Å². The molecule has 0 amide bonds. The fourth-order valence-electron chi connectivity index (χ4n) is 8.08. The number of nitrogens with zero attached hydrogens (tertiary/aromatic N) is 1. The third kappa shape index (κ3) is 4.96. The Kier molecular flexibility index (Phi) is 6.81. The molecule has 0 saturated carbocycles. The Hall–Kier alpha value is -5.53. The lowest BCUT2D eigenvalue weighted by Crippen LogP contribution is -2.32. The molecule has 1 heteroatoms. The number of aromatic nitrogens is 1. The molecule has 1 aliphatic rings. The molecule has 1 aromatic heterocycles. The zero-order valence-corrected chi connectivity index (χ0v) is 28.6. The molecule has 1 unspecified atom stereocenters. The van der Waals surface area contributed by atoms with Gasteiger partial charge in [-0.05, 0) is 123 Å². The van der Waals surface area contributed by atoms with Crippen molar-refractivity contribution in [2.45, 2.75) is 39.5 Å². The average molecular weight is 630 g/mol. The zero-order valence-electron chi connectivity index (χ0n) is 28.6. The van der Waals surface area contributed by atoms with E-state index in [1.165, 1.54) is 87.3 Å². The van der Waals surface area contributed by atoms with Gasteiger partial charge in [0.05, 0.1) is 0 Å². The molecule has 0 bridgehead atoms. The summed E-state index contributed by atoms with van der Waals surface area (Å²) in [6.45, 7) is 9.27. The van der Waals surface area contributed by atoms with E-state index in [-0.39, 0.29) is 5.41 Å². The first kappa shape index (κ1) is 29.6. The van der Waals surface area contributed by atoms with Crippen LogP contribution in [0.5, 0.6) is 0 Å². The quantitative estimate of drug-likeness (QED) is 0.177. The molecule has 49 heavy (non-hydrogen) atoms. The molecule has 0 N–H and O–H groups in total. The maximum Gasteiger partial charge on any atom is 0.0346 e. The molecular formula is C48H39N. The van der Waals surface area contributed by atoms with Gasteiger partial charge in [0, 0.05) is 12.4 Å². The molecule has 236 valence electrons. The minimum absolute atomic E-state index is 0.0743. The molecule has 9 rings (SSSR count). The van der Waals surface area contributed by atoms with Crippen LogP contribution >= 0.6 is 0 Å². The molecule has 1 nitrogen and oxygen atoms in total. The largest absolute Gasteiger partial charge is 0.264 e. The Bertz CT molecular complexity index is 2620.